The highest BCUT2D eigenvalue weighted by Crippen LogP contribution is 2.26. The number of rotatable bonds is 8. The van der Waals surface area contributed by atoms with E-state index in [0.29, 0.717) is 11.6 Å². The van der Waals surface area contributed by atoms with Crippen molar-refractivity contribution in [1.29, 1.82) is 0 Å². The minimum absolute atomic E-state index is 0.569. The quantitative estimate of drug-likeness (QED) is 0.153. The topological polar surface area (TPSA) is 84.4 Å². The number of para-hydroxylation sites is 2. The fourth-order valence-electron chi connectivity index (χ4n) is 5.38. The normalized spacial score (nSPS) is 11.6. The van der Waals surface area contributed by atoms with Crippen molar-refractivity contribution < 1.29 is 0 Å². The number of nitrogens with zero attached hydrogens (tertiary/aromatic N) is 6. The molecule has 3 heterocycles. The Morgan fingerprint density at radius 2 is 0.929 bits per heavy atom. The molecule has 0 atom stereocenters. The molecule has 42 heavy (non-hydrogen) atoms. The predicted octanol–water partition coefficient (Wildman–Crippen LogP) is 7.34. The number of fused-ring (bicyclic) bond motifs is 1. The molecule has 0 aliphatic heterocycles. The van der Waals surface area contributed by atoms with Gasteiger partial charge in [0.15, 0.2) is 11.6 Å². The first-order valence-corrected chi connectivity index (χ1v) is 13.8. The molecule has 0 aliphatic carbocycles. The highest BCUT2D eigenvalue weighted by Gasteiger charge is 2.12. The second kappa shape index (κ2) is 11.5. The molecule has 0 saturated carbocycles. The Morgan fingerprint density at radius 3 is 1.33 bits per heavy atom. The first-order valence-electron chi connectivity index (χ1n) is 13.8. The summed E-state index contributed by atoms with van der Waals surface area (Å²) in [7, 11) is 0. The number of hydrogen-bond acceptors (Lipinski definition) is 6. The predicted molar refractivity (Wildman–Crippen MR) is 172 cm³/mol. The Hall–Kier alpha value is -5.50. The van der Waals surface area contributed by atoms with E-state index in [1.165, 1.54) is 0 Å². The summed E-state index contributed by atoms with van der Waals surface area (Å²) in [5.41, 5.74) is 15.0. The van der Waals surface area contributed by atoms with Gasteiger partial charge in [0.1, 0.15) is 0 Å². The highest BCUT2D eigenvalue weighted by molar-refractivity contribution is 5.98. The number of hydrogen-bond donors (Lipinski definition) is 2. The lowest BCUT2D eigenvalue weighted by molar-refractivity contribution is 0.964. The van der Waals surface area contributed by atoms with Gasteiger partial charge in [0.25, 0.3) is 0 Å². The summed E-state index contributed by atoms with van der Waals surface area (Å²) in [5.74, 6) is 1.14. The van der Waals surface area contributed by atoms with Crippen molar-refractivity contribution in [3.05, 3.63) is 131 Å². The Bertz CT molecular complexity index is 1770. The molecule has 3 aromatic heterocycles. The molecule has 0 bridgehead atoms. The van der Waals surface area contributed by atoms with E-state index in [2.05, 4.69) is 104 Å². The summed E-state index contributed by atoms with van der Waals surface area (Å²) < 4.78 is 4.44. The summed E-state index contributed by atoms with van der Waals surface area (Å²) >= 11 is 0. The van der Waals surface area contributed by atoms with Crippen LogP contribution < -0.4 is 10.9 Å². The maximum atomic E-state index is 4.50. The number of aromatic nitrogens is 4. The summed E-state index contributed by atoms with van der Waals surface area (Å²) in [6, 6.07) is 32.8. The minimum atomic E-state index is 0.569. The minimum Gasteiger partial charge on any atom is -0.318 e. The Morgan fingerprint density at radius 1 is 0.548 bits per heavy atom. The summed E-state index contributed by atoms with van der Waals surface area (Å²) in [4.78, 5) is 0. The monoisotopic (exact) mass is 552 g/mol. The van der Waals surface area contributed by atoms with Crippen LogP contribution in [0.5, 0.6) is 0 Å². The van der Waals surface area contributed by atoms with Crippen LogP contribution in [-0.4, -0.2) is 31.8 Å². The summed E-state index contributed by atoms with van der Waals surface area (Å²) in [6.07, 6.45) is 3.64. The van der Waals surface area contributed by atoms with E-state index >= 15 is 0 Å². The van der Waals surface area contributed by atoms with Crippen molar-refractivity contribution >= 4 is 34.8 Å². The van der Waals surface area contributed by atoms with Gasteiger partial charge in [0.05, 0.1) is 12.4 Å². The Kier molecular flexibility index (Phi) is 7.34. The molecule has 3 aromatic carbocycles. The van der Waals surface area contributed by atoms with E-state index < -0.39 is 0 Å². The van der Waals surface area contributed by atoms with Crippen LogP contribution in [0.25, 0.3) is 22.1 Å². The molecule has 6 rings (SSSR count). The van der Waals surface area contributed by atoms with Crippen LogP contribution in [0.2, 0.25) is 0 Å². The maximum Gasteiger partial charge on any atom is 0.176 e. The van der Waals surface area contributed by atoms with Crippen LogP contribution in [0.4, 0.5) is 11.6 Å². The van der Waals surface area contributed by atoms with Crippen LogP contribution in [0.1, 0.15) is 33.9 Å². The molecule has 2 N–H and O–H groups in total. The van der Waals surface area contributed by atoms with Crippen LogP contribution in [-0.2, 0) is 0 Å². The smallest absolute Gasteiger partial charge is 0.176 e. The third kappa shape index (κ3) is 5.17. The van der Waals surface area contributed by atoms with Gasteiger partial charge in [0, 0.05) is 56.0 Å². The molecule has 0 unspecified atom stereocenters. The van der Waals surface area contributed by atoms with E-state index in [1.54, 1.807) is 0 Å². The summed E-state index contributed by atoms with van der Waals surface area (Å²) in [5, 5.41) is 19.6. The van der Waals surface area contributed by atoms with Crippen LogP contribution in [0, 0.1) is 27.7 Å². The SMILES string of the molecule is Cc1cc(/C=N\Nc2nnc(N/N=C/c3cc(C)n(-c4ccccc4)c3C)c3ccccc23)c(C)n1-c1ccccc1. The van der Waals surface area contributed by atoms with Crippen molar-refractivity contribution in [2.75, 3.05) is 10.9 Å². The van der Waals surface area contributed by atoms with Gasteiger partial charge < -0.3 is 9.13 Å². The van der Waals surface area contributed by atoms with Gasteiger partial charge in [-0.25, -0.2) is 0 Å². The summed E-state index contributed by atoms with van der Waals surface area (Å²) in [6.45, 7) is 8.38. The number of nitrogens with one attached hydrogen (secondary N) is 2. The average Bonchev–Trinajstić information content (AvgIpc) is 3.46. The second-order valence-corrected chi connectivity index (χ2v) is 10.2. The van der Waals surface area contributed by atoms with Crippen molar-refractivity contribution in [3.63, 3.8) is 0 Å². The first kappa shape index (κ1) is 26.7. The molecule has 0 amide bonds. The fourth-order valence-corrected chi connectivity index (χ4v) is 5.38. The standard InChI is InChI=1S/C34H32N8/c1-23-19-27(25(3)41(23)29-13-7-5-8-14-29)21-35-37-33-31-17-11-12-18-32(31)34(40-39-33)38-36-22-28-20-24(2)42(26(28)4)30-15-9-6-10-16-30/h5-22H,1-4H3,(H,37,39)(H,38,40)/b35-21-,36-22+. The zero-order valence-corrected chi connectivity index (χ0v) is 24.1. The number of hydrazone groups is 2. The molecule has 0 aliphatic rings. The van der Waals surface area contributed by atoms with Gasteiger partial charge in [-0.3, -0.25) is 10.9 Å². The third-order valence-corrected chi connectivity index (χ3v) is 7.40. The van der Waals surface area contributed by atoms with E-state index in [0.717, 1.165) is 56.0 Å². The molecule has 8 nitrogen and oxygen atoms in total. The number of aryl methyl sites for hydroxylation is 2. The van der Waals surface area contributed by atoms with Crippen molar-refractivity contribution in [2.24, 2.45) is 10.2 Å². The van der Waals surface area contributed by atoms with Gasteiger partial charge in [-0.05, 0) is 64.1 Å². The van der Waals surface area contributed by atoms with Crippen LogP contribution >= 0.6 is 0 Å². The maximum absolute atomic E-state index is 4.50. The molecule has 0 saturated heterocycles. The number of anilines is 2. The van der Waals surface area contributed by atoms with Gasteiger partial charge in [-0.15, -0.1) is 10.2 Å². The zero-order valence-electron chi connectivity index (χ0n) is 24.1. The van der Waals surface area contributed by atoms with Crippen LogP contribution in [0.15, 0.2) is 107 Å². The lowest BCUT2D eigenvalue weighted by atomic mass is 10.2. The highest BCUT2D eigenvalue weighted by atomic mass is 15.4. The lowest BCUT2D eigenvalue weighted by Gasteiger charge is -2.09. The molecule has 0 radical (unpaired) electrons. The van der Waals surface area contributed by atoms with E-state index in [4.69, 9.17) is 0 Å². The molecule has 0 fully saturated rings. The first-order chi connectivity index (χ1) is 20.5. The average molecular weight is 553 g/mol. The lowest BCUT2D eigenvalue weighted by Crippen LogP contribution is -2.02. The molecule has 0 spiro atoms. The van der Waals surface area contributed by atoms with Gasteiger partial charge in [-0.2, -0.15) is 10.2 Å². The largest absolute Gasteiger partial charge is 0.318 e. The van der Waals surface area contributed by atoms with Crippen LogP contribution in [0.3, 0.4) is 0 Å². The molecular weight excluding hydrogens is 520 g/mol. The van der Waals surface area contributed by atoms with E-state index in [9.17, 15) is 0 Å². The zero-order chi connectivity index (χ0) is 29.1. The van der Waals surface area contributed by atoms with Crippen molar-refractivity contribution in [2.45, 2.75) is 27.7 Å². The van der Waals surface area contributed by atoms with E-state index in [-0.39, 0.29) is 0 Å². The van der Waals surface area contributed by atoms with E-state index in [1.807, 2.05) is 73.1 Å². The molecular formula is C34H32N8. The molecule has 8 heteroatoms. The number of benzene rings is 3. The molecule has 6 aromatic rings. The fraction of sp³-hybridized carbons (Fsp3) is 0.118. The Labute approximate surface area is 245 Å². The van der Waals surface area contributed by atoms with Gasteiger partial charge >= 0.3 is 0 Å². The van der Waals surface area contributed by atoms with Crippen molar-refractivity contribution in [1.82, 2.24) is 19.3 Å². The third-order valence-electron chi connectivity index (χ3n) is 7.40. The van der Waals surface area contributed by atoms with Gasteiger partial charge in [-0.1, -0.05) is 60.7 Å². The Balaban J connectivity index is 1.21. The second-order valence-electron chi connectivity index (χ2n) is 10.2. The van der Waals surface area contributed by atoms with Crippen molar-refractivity contribution in [3.8, 4) is 11.4 Å². The molecule has 208 valence electrons. The van der Waals surface area contributed by atoms with Gasteiger partial charge in [0.2, 0.25) is 0 Å².